The fraction of sp³-hybridized carbons (Fsp3) is 0.500. The highest BCUT2D eigenvalue weighted by Gasteiger charge is 2.48. The molecule has 2 saturated heterocycles. The van der Waals surface area contributed by atoms with Crippen LogP contribution in [0.4, 0.5) is 4.39 Å². The predicted octanol–water partition coefficient (Wildman–Crippen LogP) is 2.57. The summed E-state index contributed by atoms with van der Waals surface area (Å²) in [4.78, 5) is 21.8. The fourth-order valence-electron chi connectivity index (χ4n) is 4.36. The summed E-state index contributed by atoms with van der Waals surface area (Å²) in [6.45, 7) is 3.53. The molecule has 2 aliphatic heterocycles. The number of nitrogens with zero attached hydrogens (tertiary/aromatic N) is 4. The number of likely N-dealkylation sites (tertiary alicyclic amines) is 2. The number of imidazole rings is 1. The zero-order valence-corrected chi connectivity index (χ0v) is 15.2. The number of rotatable bonds is 4. The van der Waals surface area contributed by atoms with E-state index in [4.69, 9.17) is 0 Å². The van der Waals surface area contributed by atoms with Crippen LogP contribution in [-0.4, -0.2) is 44.9 Å². The van der Waals surface area contributed by atoms with Crippen LogP contribution in [0.1, 0.15) is 30.7 Å². The lowest BCUT2D eigenvalue weighted by Crippen LogP contribution is -2.49. The lowest BCUT2D eigenvalue weighted by atomic mass is 9.78. The van der Waals surface area contributed by atoms with Crippen LogP contribution in [0.25, 0.3) is 0 Å². The van der Waals surface area contributed by atoms with Crippen molar-refractivity contribution >= 4 is 5.91 Å². The molecule has 1 spiro atoms. The Balaban J connectivity index is 1.46. The number of hydrogen-bond acceptors (Lipinski definition) is 3. The van der Waals surface area contributed by atoms with Crippen molar-refractivity contribution in [3.05, 3.63) is 53.9 Å². The van der Waals surface area contributed by atoms with E-state index in [1.165, 1.54) is 6.07 Å². The average Bonchev–Trinajstić information content (AvgIpc) is 3.22. The Morgan fingerprint density at radius 2 is 2.04 bits per heavy atom. The van der Waals surface area contributed by atoms with Gasteiger partial charge in [0.1, 0.15) is 11.6 Å². The molecule has 1 aromatic heterocycles. The Morgan fingerprint density at radius 3 is 2.81 bits per heavy atom. The van der Waals surface area contributed by atoms with Crippen molar-refractivity contribution in [3.8, 4) is 0 Å². The molecule has 4 rings (SSSR count). The maximum atomic E-state index is 14.0. The Kier molecular flexibility index (Phi) is 4.53. The first kappa shape index (κ1) is 17.2. The number of aryl methyl sites for hydroxylation is 1. The normalized spacial score (nSPS) is 23.9. The van der Waals surface area contributed by atoms with Crippen LogP contribution in [0.15, 0.2) is 36.7 Å². The smallest absolute Gasteiger partial charge is 0.230 e. The van der Waals surface area contributed by atoms with Gasteiger partial charge in [-0.05, 0) is 31.9 Å². The lowest BCUT2D eigenvalue weighted by molar-refractivity contribution is -0.146. The van der Waals surface area contributed by atoms with Crippen molar-refractivity contribution in [2.45, 2.75) is 32.4 Å². The molecular weight excluding hydrogens is 331 g/mol. The third-order valence-corrected chi connectivity index (χ3v) is 5.86. The van der Waals surface area contributed by atoms with Gasteiger partial charge >= 0.3 is 0 Å². The number of hydrogen-bond donors (Lipinski definition) is 0. The first-order valence-corrected chi connectivity index (χ1v) is 9.29. The van der Waals surface area contributed by atoms with Crippen LogP contribution in [-0.2, 0) is 24.9 Å². The molecule has 2 aromatic rings. The van der Waals surface area contributed by atoms with E-state index in [1.54, 1.807) is 12.1 Å². The summed E-state index contributed by atoms with van der Waals surface area (Å²) < 4.78 is 16.0. The van der Waals surface area contributed by atoms with Crippen molar-refractivity contribution < 1.29 is 9.18 Å². The summed E-state index contributed by atoms with van der Waals surface area (Å²) in [6.07, 6.45) is 6.54. The van der Waals surface area contributed by atoms with E-state index in [9.17, 15) is 9.18 Å². The molecule has 138 valence electrons. The topological polar surface area (TPSA) is 41.4 Å². The first-order chi connectivity index (χ1) is 12.6. The maximum Gasteiger partial charge on any atom is 0.230 e. The molecule has 26 heavy (non-hydrogen) atoms. The Morgan fingerprint density at radius 1 is 1.19 bits per heavy atom. The van der Waals surface area contributed by atoms with Crippen LogP contribution in [0, 0.1) is 11.2 Å². The zero-order chi connectivity index (χ0) is 18.1. The van der Waals surface area contributed by atoms with E-state index in [-0.39, 0.29) is 17.1 Å². The van der Waals surface area contributed by atoms with Crippen LogP contribution in [0.3, 0.4) is 0 Å². The molecule has 1 unspecified atom stereocenters. The minimum atomic E-state index is -0.311. The minimum Gasteiger partial charge on any atom is -0.338 e. The van der Waals surface area contributed by atoms with Crippen LogP contribution in [0.2, 0.25) is 0 Å². The van der Waals surface area contributed by atoms with Crippen molar-refractivity contribution in [2.75, 3.05) is 19.6 Å². The molecule has 0 N–H and O–H groups in total. The van der Waals surface area contributed by atoms with E-state index >= 15 is 0 Å². The van der Waals surface area contributed by atoms with Gasteiger partial charge in [-0.25, -0.2) is 9.37 Å². The second-order valence-electron chi connectivity index (χ2n) is 7.62. The Hall–Kier alpha value is -2.21. The Bertz CT molecular complexity index is 805. The highest BCUT2D eigenvalue weighted by atomic mass is 19.1. The molecule has 1 aromatic carbocycles. The molecule has 1 amide bonds. The van der Waals surface area contributed by atoms with Gasteiger partial charge in [-0.15, -0.1) is 0 Å². The average molecular weight is 356 g/mol. The van der Waals surface area contributed by atoms with Crippen molar-refractivity contribution in [1.29, 1.82) is 0 Å². The van der Waals surface area contributed by atoms with Gasteiger partial charge < -0.3 is 9.47 Å². The molecule has 2 aliphatic rings. The number of benzene rings is 1. The number of carbonyl (C=O) groups excluding carboxylic acids is 1. The van der Waals surface area contributed by atoms with E-state index in [1.807, 2.05) is 35.0 Å². The zero-order valence-electron chi connectivity index (χ0n) is 15.2. The van der Waals surface area contributed by atoms with Gasteiger partial charge in [0.25, 0.3) is 0 Å². The van der Waals surface area contributed by atoms with E-state index in [0.717, 1.165) is 44.7 Å². The van der Waals surface area contributed by atoms with Crippen LogP contribution in [0.5, 0.6) is 0 Å². The highest BCUT2D eigenvalue weighted by molar-refractivity contribution is 5.84. The van der Waals surface area contributed by atoms with Gasteiger partial charge in [-0.3, -0.25) is 9.69 Å². The van der Waals surface area contributed by atoms with Crippen molar-refractivity contribution in [1.82, 2.24) is 19.4 Å². The summed E-state index contributed by atoms with van der Waals surface area (Å²) >= 11 is 0. The second kappa shape index (κ2) is 6.83. The van der Waals surface area contributed by atoms with Gasteiger partial charge in [-0.1, -0.05) is 18.2 Å². The predicted molar refractivity (Wildman–Crippen MR) is 96.6 cm³/mol. The number of piperidine rings is 1. The summed E-state index contributed by atoms with van der Waals surface area (Å²) in [5.74, 6) is 0.977. The largest absolute Gasteiger partial charge is 0.338 e. The number of aromatic nitrogens is 2. The van der Waals surface area contributed by atoms with Crippen molar-refractivity contribution in [2.24, 2.45) is 12.5 Å². The first-order valence-electron chi connectivity index (χ1n) is 9.29. The van der Waals surface area contributed by atoms with E-state index < -0.39 is 0 Å². The molecule has 0 radical (unpaired) electrons. The van der Waals surface area contributed by atoms with Crippen LogP contribution >= 0.6 is 0 Å². The van der Waals surface area contributed by atoms with Gasteiger partial charge in [-0.2, -0.15) is 0 Å². The van der Waals surface area contributed by atoms with Gasteiger partial charge in [0.05, 0.1) is 12.0 Å². The molecule has 3 heterocycles. The van der Waals surface area contributed by atoms with E-state index in [2.05, 4.69) is 9.88 Å². The molecule has 5 nitrogen and oxygen atoms in total. The maximum absolute atomic E-state index is 14.0. The standard InChI is InChI=1S/C20H25FN4O/c1-23-12-9-22-18(23)14-24-11-8-20(15-24)7-4-10-25(19(20)26)13-16-5-2-3-6-17(16)21/h2-3,5-6,9,12H,4,7-8,10-11,13-15H2,1H3. The quantitative estimate of drug-likeness (QED) is 0.846. The fourth-order valence-corrected chi connectivity index (χ4v) is 4.36. The molecule has 2 fully saturated rings. The molecule has 0 bridgehead atoms. The minimum absolute atomic E-state index is 0.189. The monoisotopic (exact) mass is 356 g/mol. The van der Waals surface area contributed by atoms with E-state index in [0.29, 0.717) is 18.7 Å². The Labute approximate surface area is 153 Å². The van der Waals surface area contributed by atoms with Crippen molar-refractivity contribution in [3.63, 3.8) is 0 Å². The SMILES string of the molecule is Cn1ccnc1CN1CCC2(CCCN(Cc3ccccc3F)C2=O)C1. The number of carbonyl (C=O) groups is 1. The van der Waals surface area contributed by atoms with Crippen LogP contribution < -0.4 is 0 Å². The van der Waals surface area contributed by atoms with Gasteiger partial charge in [0.15, 0.2) is 0 Å². The lowest BCUT2D eigenvalue weighted by Gasteiger charge is -2.39. The molecule has 0 aliphatic carbocycles. The molecule has 0 saturated carbocycles. The molecule has 1 atom stereocenters. The van der Waals surface area contributed by atoms with Gasteiger partial charge in [0, 0.05) is 44.6 Å². The summed E-state index contributed by atoms with van der Waals surface area (Å²) in [6, 6.07) is 6.74. The van der Waals surface area contributed by atoms with Gasteiger partial charge in [0.2, 0.25) is 5.91 Å². The molecule has 6 heteroatoms. The second-order valence-corrected chi connectivity index (χ2v) is 7.62. The third kappa shape index (κ3) is 3.14. The summed E-state index contributed by atoms with van der Waals surface area (Å²) in [5, 5.41) is 0. The highest BCUT2D eigenvalue weighted by Crippen LogP contribution is 2.40. The molecular formula is C20H25FN4O. The third-order valence-electron chi connectivity index (χ3n) is 5.86. The number of amides is 1. The summed E-state index contributed by atoms with van der Waals surface area (Å²) in [5.41, 5.74) is 0.287. The number of halogens is 1. The summed E-state index contributed by atoms with van der Waals surface area (Å²) in [7, 11) is 2.00.